The molecule has 1 fully saturated rings. The third kappa shape index (κ3) is 3.64. The van der Waals surface area contributed by atoms with E-state index in [4.69, 9.17) is 10.5 Å². The number of carbonyl (C=O) groups excluding carboxylic acids is 1. The average molecular weight is 316 g/mol. The van der Waals surface area contributed by atoms with Crippen LogP contribution in [0.1, 0.15) is 18.9 Å². The first-order chi connectivity index (χ1) is 11.1. The number of carbonyl (C=O) groups is 1. The van der Waals surface area contributed by atoms with Crippen molar-refractivity contribution in [1.82, 2.24) is 4.90 Å². The van der Waals surface area contributed by atoms with E-state index in [1.807, 2.05) is 34.9 Å². The highest BCUT2D eigenvalue weighted by Crippen LogP contribution is 2.26. The van der Waals surface area contributed by atoms with Crippen LogP contribution in [-0.4, -0.2) is 55.7 Å². The van der Waals surface area contributed by atoms with Gasteiger partial charge in [0.05, 0.1) is 12.7 Å². The molecule has 0 bridgehead atoms. The fourth-order valence-electron chi connectivity index (χ4n) is 3.15. The van der Waals surface area contributed by atoms with Crippen LogP contribution in [0.3, 0.4) is 0 Å². The van der Waals surface area contributed by atoms with E-state index >= 15 is 0 Å². The maximum atomic E-state index is 12.5. The number of hydrogen-bond acceptors (Lipinski definition) is 3. The number of anilines is 1. The van der Waals surface area contributed by atoms with Gasteiger partial charge in [-0.1, -0.05) is 18.2 Å². The van der Waals surface area contributed by atoms with Gasteiger partial charge >= 0.3 is 0 Å². The van der Waals surface area contributed by atoms with E-state index in [1.165, 1.54) is 5.56 Å². The molecule has 0 radical (unpaired) electrons. The second kappa shape index (κ2) is 7.00. The Kier molecular flexibility index (Phi) is 4.81. The van der Waals surface area contributed by atoms with Crippen LogP contribution >= 0.6 is 0 Å². The minimum absolute atomic E-state index is 0.00130. The van der Waals surface area contributed by atoms with Crippen LogP contribution in [0.25, 0.3) is 0 Å². The number of nitrogens with two attached hydrogens (primary N) is 1. The van der Waals surface area contributed by atoms with Crippen LogP contribution in [-0.2, 0) is 16.0 Å². The van der Waals surface area contributed by atoms with Gasteiger partial charge in [0.15, 0.2) is 5.96 Å². The molecule has 2 aliphatic rings. The molecule has 0 aliphatic carbocycles. The fourth-order valence-corrected chi connectivity index (χ4v) is 3.15. The summed E-state index contributed by atoms with van der Waals surface area (Å²) in [6.07, 6.45) is 2.15. The van der Waals surface area contributed by atoms with Crippen molar-refractivity contribution in [3.05, 3.63) is 29.8 Å². The van der Waals surface area contributed by atoms with Gasteiger partial charge in [0.1, 0.15) is 6.54 Å². The van der Waals surface area contributed by atoms with Gasteiger partial charge in [-0.2, -0.15) is 0 Å². The minimum atomic E-state index is 0.00130. The Morgan fingerprint density at radius 2 is 2.22 bits per heavy atom. The van der Waals surface area contributed by atoms with Crippen LogP contribution < -0.4 is 10.6 Å². The zero-order valence-electron chi connectivity index (χ0n) is 13.6. The quantitative estimate of drug-likeness (QED) is 0.653. The molecule has 0 aromatic heterocycles. The summed E-state index contributed by atoms with van der Waals surface area (Å²) in [5.74, 6) is 0.431. The van der Waals surface area contributed by atoms with Gasteiger partial charge in [0.2, 0.25) is 5.91 Å². The van der Waals surface area contributed by atoms with Crippen molar-refractivity contribution in [1.29, 1.82) is 0 Å². The predicted molar refractivity (Wildman–Crippen MR) is 90.6 cm³/mol. The van der Waals surface area contributed by atoms with E-state index in [0.29, 0.717) is 12.6 Å². The Hall–Kier alpha value is -2.08. The van der Waals surface area contributed by atoms with Crippen molar-refractivity contribution >= 4 is 17.6 Å². The number of benzene rings is 1. The van der Waals surface area contributed by atoms with Crippen LogP contribution in [0.15, 0.2) is 29.3 Å². The molecule has 3 rings (SSSR count). The van der Waals surface area contributed by atoms with Crippen molar-refractivity contribution < 1.29 is 9.53 Å². The second-order valence-corrected chi connectivity index (χ2v) is 6.08. The number of rotatable bonds is 2. The first kappa shape index (κ1) is 15.8. The number of morpholine rings is 1. The molecule has 2 N–H and O–H groups in total. The number of para-hydroxylation sites is 1. The Morgan fingerprint density at radius 3 is 3.04 bits per heavy atom. The molecule has 23 heavy (non-hydrogen) atoms. The SMILES string of the molecule is CC1CN(C(N)=NCC(=O)N2CCCc3ccccc32)CCO1. The topological polar surface area (TPSA) is 71.2 Å². The molecular formula is C17H24N4O2. The highest BCUT2D eigenvalue weighted by molar-refractivity contribution is 5.97. The van der Waals surface area contributed by atoms with Gasteiger partial charge in [0.25, 0.3) is 0 Å². The molecule has 6 heteroatoms. The zero-order valence-corrected chi connectivity index (χ0v) is 13.6. The zero-order chi connectivity index (χ0) is 16.2. The second-order valence-electron chi connectivity index (χ2n) is 6.08. The Balaban J connectivity index is 1.64. The molecule has 1 unspecified atom stereocenters. The lowest BCUT2D eigenvalue weighted by Gasteiger charge is -2.32. The van der Waals surface area contributed by atoms with E-state index in [2.05, 4.69) is 11.1 Å². The van der Waals surface area contributed by atoms with Gasteiger partial charge in [-0.3, -0.25) is 4.79 Å². The van der Waals surface area contributed by atoms with Gasteiger partial charge in [-0.05, 0) is 31.4 Å². The lowest BCUT2D eigenvalue weighted by Crippen LogP contribution is -2.48. The highest BCUT2D eigenvalue weighted by atomic mass is 16.5. The Morgan fingerprint density at radius 1 is 1.39 bits per heavy atom. The third-order valence-corrected chi connectivity index (χ3v) is 4.35. The normalized spacial score (nSPS) is 22.0. The van der Waals surface area contributed by atoms with Gasteiger partial charge in [-0.15, -0.1) is 0 Å². The van der Waals surface area contributed by atoms with Crippen molar-refractivity contribution in [2.24, 2.45) is 10.7 Å². The Bertz CT molecular complexity index is 602. The van der Waals surface area contributed by atoms with E-state index in [-0.39, 0.29) is 18.6 Å². The largest absolute Gasteiger partial charge is 0.375 e. The molecule has 124 valence electrons. The average Bonchev–Trinajstić information content (AvgIpc) is 2.59. The number of ether oxygens (including phenoxy) is 1. The first-order valence-corrected chi connectivity index (χ1v) is 8.20. The van der Waals surface area contributed by atoms with Gasteiger partial charge in [-0.25, -0.2) is 4.99 Å². The maximum absolute atomic E-state index is 12.5. The molecule has 6 nitrogen and oxygen atoms in total. The number of nitrogens with zero attached hydrogens (tertiary/aromatic N) is 3. The lowest BCUT2D eigenvalue weighted by atomic mass is 10.0. The maximum Gasteiger partial charge on any atom is 0.248 e. The van der Waals surface area contributed by atoms with E-state index < -0.39 is 0 Å². The fraction of sp³-hybridized carbons (Fsp3) is 0.529. The van der Waals surface area contributed by atoms with Crippen molar-refractivity contribution in [3.8, 4) is 0 Å². The highest BCUT2D eigenvalue weighted by Gasteiger charge is 2.22. The number of amides is 1. The third-order valence-electron chi connectivity index (χ3n) is 4.35. The summed E-state index contributed by atoms with van der Waals surface area (Å²) < 4.78 is 5.49. The van der Waals surface area contributed by atoms with E-state index in [1.54, 1.807) is 0 Å². The van der Waals surface area contributed by atoms with Crippen LogP contribution in [0, 0.1) is 0 Å². The van der Waals surface area contributed by atoms with E-state index in [0.717, 1.165) is 38.2 Å². The van der Waals surface area contributed by atoms with Gasteiger partial charge in [0, 0.05) is 25.3 Å². The summed E-state index contributed by atoms with van der Waals surface area (Å²) in [5, 5.41) is 0. The standard InChI is InChI=1S/C17H24N4O2/c1-13-12-20(9-10-23-13)17(18)19-11-16(22)21-8-4-6-14-5-2-3-7-15(14)21/h2-3,5,7,13H,4,6,8-12H2,1H3,(H2,18,19). The van der Waals surface area contributed by atoms with Crippen LogP contribution in [0.2, 0.25) is 0 Å². The van der Waals surface area contributed by atoms with Gasteiger partial charge < -0.3 is 20.3 Å². The molecule has 2 aliphatic heterocycles. The molecule has 1 amide bonds. The van der Waals surface area contributed by atoms with Crippen molar-refractivity contribution in [3.63, 3.8) is 0 Å². The molecule has 0 saturated carbocycles. The summed E-state index contributed by atoms with van der Waals surface area (Å²) in [6, 6.07) is 8.07. The lowest BCUT2D eigenvalue weighted by molar-refractivity contribution is -0.117. The summed E-state index contributed by atoms with van der Waals surface area (Å²) in [5.41, 5.74) is 8.27. The molecule has 1 atom stereocenters. The van der Waals surface area contributed by atoms with Crippen LogP contribution in [0.4, 0.5) is 5.69 Å². The van der Waals surface area contributed by atoms with Crippen LogP contribution in [0.5, 0.6) is 0 Å². The number of fused-ring (bicyclic) bond motifs is 1. The number of aryl methyl sites for hydroxylation is 1. The minimum Gasteiger partial charge on any atom is -0.375 e. The monoisotopic (exact) mass is 316 g/mol. The number of hydrogen-bond donors (Lipinski definition) is 1. The summed E-state index contributed by atoms with van der Waals surface area (Å²) in [7, 11) is 0. The Labute approximate surface area is 136 Å². The summed E-state index contributed by atoms with van der Waals surface area (Å²) in [4.78, 5) is 20.6. The summed E-state index contributed by atoms with van der Waals surface area (Å²) in [6.45, 7) is 4.93. The summed E-state index contributed by atoms with van der Waals surface area (Å²) >= 11 is 0. The predicted octanol–water partition coefficient (Wildman–Crippen LogP) is 1.00. The molecule has 1 aromatic carbocycles. The number of aliphatic imine (C=N–C) groups is 1. The first-order valence-electron chi connectivity index (χ1n) is 8.20. The van der Waals surface area contributed by atoms with Crippen molar-refractivity contribution in [2.75, 3.05) is 37.7 Å². The number of guanidine groups is 1. The van der Waals surface area contributed by atoms with E-state index in [9.17, 15) is 4.79 Å². The molecule has 2 heterocycles. The molecule has 1 aromatic rings. The molecular weight excluding hydrogens is 292 g/mol. The molecule has 1 saturated heterocycles. The smallest absolute Gasteiger partial charge is 0.248 e. The molecule has 0 spiro atoms. The van der Waals surface area contributed by atoms with Crippen molar-refractivity contribution in [2.45, 2.75) is 25.9 Å².